The van der Waals surface area contributed by atoms with E-state index in [2.05, 4.69) is 15.4 Å². The molecule has 3 aromatic rings. The topological polar surface area (TPSA) is 87.3 Å². The molecule has 0 aliphatic carbocycles. The Bertz CT molecular complexity index is 1150. The van der Waals surface area contributed by atoms with Crippen LogP contribution in [0.5, 0.6) is 0 Å². The lowest BCUT2D eigenvalue weighted by Crippen LogP contribution is -2.54. The van der Waals surface area contributed by atoms with Gasteiger partial charge in [-0.2, -0.15) is 4.72 Å². The molecule has 2 atom stereocenters. The first kappa shape index (κ1) is 20.4. The smallest absolute Gasteiger partial charge is 0.259 e. The van der Waals surface area contributed by atoms with Gasteiger partial charge in [0.1, 0.15) is 4.90 Å². The van der Waals surface area contributed by atoms with Crippen LogP contribution in [0.2, 0.25) is 5.02 Å². The fourth-order valence-corrected chi connectivity index (χ4v) is 4.80. The summed E-state index contributed by atoms with van der Waals surface area (Å²) in [6.07, 6.45) is -0.579. The molecule has 1 amide bonds. The normalized spacial score (nSPS) is 18.0. The number of nitrogens with one attached hydrogen (secondary N) is 3. The number of hydrogen-bond acceptors (Lipinski definition) is 4. The van der Waals surface area contributed by atoms with Gasteiger partial charge in [-0.3, -0.25) is 4.79 Å². The minimum Gasteiger partial charge on any atom is -0.360 e. The van der Waals surface area contributed by atoms with Crippen molar-refractivity contribution in [1.29, 1.82) is 0 Å². The van der Waals surface area contributed by atoms with Gasteiger partial charge >= 0.3 is 0 Å². The molecule has 3 aromatic carbocycles. The van der Waals surface area contributed by atoms with Crippen LogP contribution in [0.1, 0.15) is 17.2 Å². The van der Waals surface area contributed by atoms with E-state index in [9.17, 15) is 13.2 Å². The minimum absolute atomic E-state index is 0.120. The molecule has 4 rings (SSSR count). The third kappa shape index (κ3) is 4.48. The summed E-state index contributed by atoms with van der Waals surface area (Å²) in [7, 11) is -3.79. The van der Waals surface area contributed by atoms with Crippen molar-refractivity contribution in [1.82, 2.24) is 10.0 Å². The second-order valence-corrected chi connectivity index (χ2v) is 9.12. The van der Waals surface area contributed by atoms with E-state index in [-0.39, 0.29) is 10.9 Å². The highest BCUT2D eigenvalue weighted by molar-refractivity contribution is 7.89. The van der Waals surface area contributed by atoms with E-state index >= 15 is 0 Å². The van der Waals surface area contributed by atoms with Gasteiger partial charge in [0.15, 0.2) is 6.17 Å². The Morgan fingerprint density at radius 3 is 2.37 bits per heavy atom. The van der Waals surface area contributed by atoms with Gasteiger partial charge in [-0.05, 0) is 41.8 Å². The van der Waals surface area contributed by atoms with Gasteiger partial charge in [-0.15, -0.1) is 0 Å². The number of rotatable bonds is 5. The Kier molecular flexibility index (Phi) is 5.76. The van der Waals surface area contributed by atoms with Gasteiger partial charge < -0.3 is 10.6 Å². The molecular weight excluding hydrogens is 422 g/mol. The number of carbonyl (C=O) groups excluding carboxylic acids is 1. The van der Waals surface area contributed by atoms with Crippen LogP contribution < -0.4 is 15.4 Å². The van der Waals surface area contributed by atoms with E-state index in [1.165, 1.54) is 6.07 Å². The van der Waals surface area contributed by atoms with Crippen LogP contribution in [0.25, 0.3) is 0 Å². The molecule has 154 valence electrons. The van der Waals surface area contributed by atoms with Crippen molar-refractivity contribution in [2.75, 3.05) is 5.32 Å². The number of fused-ring (bicyclic) bond motifs is 1. The molecule has 0 fully saturated rings. The number of anilines is 1. The molecule has 0 spiro atoms. The maximum Gasteiger partial charge on any atom is 0.259 e. The predicted molar refractivity (Wildman–Crippen MR) is 117 cm³/mol. The van der Waals surface area contributed by atoms with E-state index in [0.717, 1.165) is 11.1 Å². The van der Waals surface area contributed by atoms with Crippen LogP contribution in [0.3, 0.4) is 0 Å². The monoisotopic (exact) mass is 441 g/mol. The first-order valence-electron chi connectivity index (χ1n) is 9.40. The lowest BCUT2D eigenvalue weighted by atomic mass is 9.98. The molecule has 0 saturated carbocycles. The van der Waals surface area contributed by atoms with Crippen molar-refractivity contribution in [2.24, 2.45) is 0 Å². The molecule has 0 radical (unpaired) electrons. The van der Waals surface area contributed by atoms with Gasteiger partial charge in [-0.25, -0.2) is 8.42 Å². The first-order chi connectivity index (χ1) is 14.4. The quantitative estimate of drug-likeness (QED) is 0.565. The van der Waals surface area contributed by atoms with Crippen LogP contribution in [0, 0.1) is 0 Å². The largest absolute Gasteiger partial charge is 0.360 e. The predicted octanol–water partition coefficient (Wildman–Crippen LogP) is 3.47. The van der Waals surface area contributed by atoms with Gasteiger partial charge in [0.25, 0.3) is 5.91 Å². The summed E-state index contributed by atoms with van der Waals surface area (Å²) < 4.78 is 27.5. The van der Waals surface area contributed by atoms with Crippen LogP contribution in [0.15, 0.2) is 83.8 Å². The van der Waals surface area contributed by atoms with Crippen LogP contribution in [-0.2, 0) is 21.2 Å². The maximum atomic E-state index is 13.0. The lowest BCUT2D eigenvalue weighted by Gasteiger charge is -2.29. The van der Waals surface area contributed by atoms with Crippen molar-refractivity contribution in [3.05, 3.63) is 95.0 Å². The lowest BCUT2D eigenvalue weighted by molar-refractivity contribution is -0.122. The molecule has 3 N–H and O–H groups in total. The summed E-state index contributed by atoms with van der Waals surface area (Å²) in [4.78, 5) is 13.1. The van der Waals surface area contributed by atoms with Gasteiger partial charge in [0, 0.05) is 5.02 Å². The van der Waals surface area contributed by atoms with Crippen molar-refractivity contribution in [3.63, 3.8) is 0 Å². The van der Waals surface area contributed by atoms with E-state index < -0.39 is 22.1 Å². The highest BCUT2D eigenvalue weighted by atomic mass is 35.5. The average Bonchev–Trinajstić information content (AvgIpc) is 2.75. The van der Waals surface area contributed by atoms with Gasteiger partial charge in [0.2, 0.25) is 10.0 Å². The number of halogens is 1. The highest BCUT2D eigenvalue weighted by Gasteiger charge is 2.33. The maximum absolute atomic E-state index is 13.0. The second kappa shape index (κ2) is 8.47. The third-order valence-electron chi connectivity index (χ3n) is 4.88. The summed E-state index contributed by atoms with van der Waals surface area (Å²) >= 11 is 5.98. The van der Waals surface area contributed by atoms with E-state index in [4.69, 9.17) is 11.6 Å². The van der Waals surface area contributed by atoms with Crippen LogP contribution >= 0.6 is 11.6 Å². The van der Waals surface area contributed by atoms with Gasteiger partial charge in [-0.1, -0.05) is 66.2 Å². The molecule has 2 unspecified atom stereocenters. The average molecular weight is 442 g/mol. The molecule has 1 aliphatic rings. The number of amides is 1. The molecular formula is C22H20ClN3O3S. The number of sulfonamides is 1. The molecule has 8 heteroatoms. The van der Waals surface area contributed by atoms with Crippen molar-refractivity contribution >= 4 is 33.2 Å². The van der Waals surface area contributed by atoms with Crippen molar-refractivity contribution in [3.8, 4) is 0 Å². The summed E-state index contributed by atoms with van der Waals surface area (Å²) in [6.45, 7) is 0. The Balaban J connectivity index is 1.57. The zero-order valence-corrected chi connectivity index (χ0v) is 17.5. The summed E-state index contributed by atoms with van der Waals surface area (Å²) in [6, 6.07) is 23.1. The molecule has 30 heavy (non-hydrogen) atoms. The molecule has 1 heterocycles. The SMILES string of the molecule is O=C(NC(Cc1ccc(Cl)cc1)c1ccccc1)C1Nc2ccccc2S(=O)(=O)N1. The second-order valence-electron chi connectivity index (χ2n) is 7.00. The minimum atomic E-state index is -3.79. The Hall–Kier alpha value is -2.87. The van der Waals surface area contributed by atoms with E-state index in [0.29, 0.717) is 17.1 Å². The zero-order chi connectivity index (χ0) is 21.1. The third-order valence-corrected chi connectivity index (χ3v) is 6.62. The first-order valence-corrected chi connectivity index (χ1v) is 11.3. The molecule has 0 bridgehead atoms. The summed E-state index contributed by atoms with van der Waals surface area (Å²) in [5, 5.41) is 6.57. The summed E-state index contributed by atoms with van der Waals surface area (Å²) in [5.74, 6) is -0.462. The number of para-hydroxylation sites is 1. The van der Waals surface area contributed by atoms with Gasteiger partial charge in [0.05, 0.1) is 11.7 Å². The zero-order valence-electron chi connectivity index (χ0n) is 15.9. The Morgan fingerprint density at radius 2 is 1.63 bits per heavy atom. The summed E-state index contributed by atoms with van der Waals surface area (Å²) in [5.41, 5.74) is 2.31. The van der Waals surface area contributed by atoms with Crippen molar-refractivity contribution in [2.45, 2.75) is 23.5 Å². The van der Waals surface area contributed by atoms with Crippen molar-refractivity contribution < 1.29 is 13.2 Å². The highest BCUT2D eigenvalue weighted by Crippen LogP contribution is 2.26. The molecule has 0 aromatic heterocycles. The molecule has 6 nitrogen and oxygen atoms in total. The number of benzene rings is 3. The van der Waals surface area contributed by atoms with Crippen LogP contribution in [0.4, 0.5) is 5.69 Å². The van der Waals surface area contributed by atoms with E-state index in [1.807, 2.05) is 42.5 Å². The van der Waals surface area contributed by atoms with Crippen LogP contribution in [-0.4, -0.2) is 20.5 Å². The van der Waals surface area contributed by atoms with E-state index in [1.54, 1.807) is 30.3 Å². The fraction of sp³-hybridized carbons (Fsp3) is 0.136. The number of carbonyl (C=O) groups is 1. The standard InChI is InChI=1S/C22H20ClN3O3S/c23-17-12-10-15(11-13-17)14-19(16-6-2-1-3-7-16)25-22(27)21-24-18-8-4-5-9-20(18)30(28,29)26-21/h1-13,19,21,24,26H,14H2,(H,25,27). The fourth-order valence-electron chi connectivity index (χ4n) is 3.39. The Morgan fingerprint density at radius 1 is 0.967 bits per heavy atom. The molecule has 1 aliphatic heterocycles. The number of hydrogen-bond donors (Lipinski definition) is 3. The molecule has 0 saturated heterocycles. The Labute approximate surface area is 180 Å².